The molecule has 1 aromatic heterocycles. The van der Waals surface area contributed by atoms with E-state index < -0.39 is 0 Å². The maximum atomic E-state index is 11.8. The molecule has 0 bridgehead atoms. The number of nitrogens with zero attached hydrogens (tertiary/aromatic N) is 1. The molecule has 0 radical (unpaired) electrons. The van der Waals surface area contributed by atoms with E-state index in [1.54, 1.807) is 18.2 Å². The van der Waals surface area contributed by atoms with Crippen LogP contribution in [0.1, 0.15) is 11.1 Å². The minimum Gasteiger partial charge on any atom is -0.397 e. The number of urea groups is 1. The van der Waals surface area contributed by atoms with Gasteiger partial charge in [0.25, 0.3) is 0 Å². The molecule has 0 spiro atoms. The summed E-state index contributed by atoms with van der Waals surface area (Å²) in [4.78, 5) is 15.9. The summed E-state index contributed by atoms with van der Waals surface area (Å²) in [5, 5.41) is 5.92. The van der Waals surface area contributed by atoms with Crippen molar-refractivity contribution in [3.63, 3.8) is 0 Å². The van der Waals surface area contributed by atoms with E-state index in [9.17, 15) is 4.79 Å². The number of aryl methyl sites for hydroxylation is 2. The van der Waals surface area contributed by atoms with E-state index >= 15 is 0 Å². The summed E-state index contributed by atoms with van der Waals surface area (Å²) >= 11 is 6.00. The molecular weight excluding hydrogens is 276 g/mol. The number of rotatable bonds is 2. The van der Waals surface area contributed by atoms with Crippen molar-refractivity contribution in [1.29, 1.82) is 0 Å². The van der Waals surface area contributed by atoms with Crippen LogP contribution in [-0.2, 0) is 0 Å². The maximum Gasteiger partial charge on any atom is 0.324 e. The molecule has 2 aromatic rings. The van der Waals surface area contributed by atoms with Gasteiger partial charge in [0.1, 0.15) is 5.82 Å². The highest BCUT2D eigenvalue weighted by atomic mass is 35.5. The molecule has 0 aliphatic heterocycles. The van der Waals surface area contributed by atoms with Crippen LogP contribution in [0.5, 0.6) is 0 Å². The molecule has 5 nitrogen and oxygen atoms in total. The van der Waals surface area contributed by atoms with E-state index in [0.717, 1.165) is 11.1 Å². The van der Waals surface area contributed by atoms with E-state index in [2.05, 4.69) is 15.6 Å². The number of nitrogens with one attached hydrogen (secondary N) is 2. The van der Waals surface area contributed by atoms with Gasteiger partial charge in [-0.1, -0.05) is 17.7 Å². The van der Waals surface area contributed by atoms with Crippen LogP contribution in [0.4, 0.5) is 22.0 Å². The lowest BCUT2D eigenvalue weighted by atomic mass is 10.2. The van der Waals surface area contributed by atoms with Crippen LogP contribution < -0.4 is 16.4 Å². The number of amides is 2. The molecule has 4 N–H and O–H groups in total. The number of nitrogens with two attached hydrogens (primary N) is 1. The molecule has 0 unspecified atom stereocenters. The summed E-state index contributed by atoms with van der Waals surface area (Å²) in [5.74, 6) is 0.437. The quantitative estimate of drug-likeness (QED) is 0.791. The van der Waals surface area contributed by atoms with Crippen LogP contribution in [0.25, 0.3) is 0 Å². The molecule has 1 heterocycles. The van der Waals surface area contributed by atoms with Gasteiger partial charge >= 0.3 is 6.03 Å². The van der Waals surface area contributed by atoms with E-state index in [4.69, 9.17) is 17.3 Å². The number of benzene rings is 1. The Hall–Kier alpha value is -2.27. The highest BCUT2D eigenvalue weighted by Gasteiger charge is 2.06. The summed E-state index contributed by atoms with van der Waals surface area (Å²) in [5.41, 5.74) is 8.68. The Morgan fingerprint density at radius 2 is 1.95 bits per heavy atom. The Morgan fingerprint density at radius 3 is 2.60 bits per heavy atom. The predicted molar refractivity (Wildman–Crippen MR) is 82.2 cm³/mol. The number of carbonyl (C=O) groups excluding carboxylic acids is 1. The second kappa shape index (κ2) is 5.79. The first kappa shape index (κ1) is 14.1. The Bertz CT molecular complexity index is 602. The summed E-state index contributed by atoms with van der Waals surface area (Å²) in [7, 11) is 0. The van der Waals surface area contributed by atoms with Crippen molar-refractivity contribution < 1.29 is 4.79 Å². The van der Waals surface area contributed by atoms with Crippen molar-refractivity contribution in [2.75, 3.05) is 16.4 Å². The van der Waals surface area contributed by atoms with Gasteiger partial charge in [-0.15, -0.1) is 0 Å². The molecule has 0 fully saturated rings. The number of nitrogen functional groups attached to an aromatic ring is 1. The van der Waals surface area contributed by atoms with Crippen LogP contribution >= 0.6 is 11.6 Å². The predicted octanol–water partition coefficient (Wildman–Crippen LogP) is 3.58. The number of anilines is 3. The van der Waals surface area contributed by atoms with Crippen molar-refractivity contribution in [2.45, 2.75) is 13.8 Å². The van der Waals surface area contributed by atoms with Crippen molar-refractivity contribution in [2.24, 2.45) is 0 Å². The first-order chi connectivity index (χ1) is 9.45. The van der Waals surface area contributed by atoms with Crippen molar-refractivity contribution in [3.8, 4) is 0 Å². The molecule has 104 valence electrons. The molecule has 1 aromatic carbocycles. The molecule has 2 rings (SSSR count). The zero-order valence-corrected chi connectivity index (χ0v) is 12.0. The van der Waals surface area contributed by atoms with Crippen molar-refractivity contribution in [3.05, 3.63) is 46.6 Å². The standard InChI is InChI=1S/C14H15ClN4O/c1-8-3-4-10(6-11(8)15)18-14(20)19-13-5-9(2)12(16)7-17-13/h3-7H,16H2,1-2H3,(H2,17,18,19,20). The lowest BCUT2D eigenvalue weighted by Crippen LogP contribution is -2.20. The Kier molecular flexibility index (Phi) is 4.10. The SMILES string of the molecule is Cc1cc(NC(=O)Nc2ccc(C)c(Cl)c2)ncc1N. The molecule has 2 amide bonds. The van der Waals surface area contributed by atoms with Gasteiger partial charge in [-0.05, 0) is 43.2 Å². The highest BCUT2D eigenvalue weighted by Crippen LogP contribution is 2.20. The maximum absolute atomic E-state index is 11.8. The molecule has 0 atom stereocenters. The summed E-state index contributed by atoms with van der Waals surface area (Å²) < 4.78 is 0. The number of carbonyl (C=O) groups is 1. The van der Waals surface area contributed by atoms with Gasteiger partial charge in [-0.25, -0.2) is 9.78 Å². The second-order valence-electron chi connectivity index (χ2n) is 4.47. The smallest absolute Gasteiger partial charge is 0.324 e. The number of aromatic nitrogens is 1. The third kappa shape index (κ3) is 3.39. The third-order valence-electron chi connectivity index (χ3n) is 2.82. The van der Waals surface area contributed by atoms with Crippen LogP contribution in [-0.4, -0.2) is 11.0 Å². The van der Waals surface area contributed by atoms with Crippen LogP contribution in [0.3, 0.4) is 0 Å². The van der Waals surface area contributed by atoms with Crippen LogP contribution in [0.15, 0.2) is 30.5 Å². The first-order valence-electron chi connectivity index (χ1n) is 6.02. The van der Waals surface area contributed by atoms with Gasteiger partial charge in [0.15, 0.2) is 0 Å². The highest BCUT2D eigenvalue weighted by molar-refractivity contribution is 6.31. The normalized spacial score (nSPS) is 10.2. The fourth-order valence-corrected chi connectivity index (χ4v) is 1.76. The fourth-order valence-electron chi connectivity index (χ4n) is 1.58. The molecule has 6 heteroatoms. The zero-order valence-electron chi connectivity index (χ0n) is 11.2. The van der Waals surface area contributed by atoms with Gasteiger partial charge < -0.3 is 11.1 Å². The van der Waals surface area contributed by atoms with Gasteiger partial charge in [-0.3, -0.25) is 5.32 Å². The van der Waals surface area contributed by atoms with Gasteiger partial charge in [0, 0.05) is 10.7 Å². The summed E-state index contributed by atoms with van der Waals surface area (Å²) in [6.07, 6.45) is 1.51. The topological polar surface area (TPSA) is 80.0 Å². The largest absolute Gasteiger partial charge is 0.397 e. The number of pyridine rings is 1. The zero-order chi connectivity index (χ0) is 14.7. The summed E-state index contributed by atoms with van der Waals surface area (Å²) in [6, 6.07) is 6.63. The average Bonchev–Trinajstić information content (AvgIpc) is 2.38. The van der Waals surface area contributed by atoms with Crippen LogP contribution in [0.2, 0.25) is 5.02 Å². The number of hydrogen-bond acceptors (Lipinski definition) is 3. The second-order valence-corrected chi connectivity index (χ2v) is 4.88. The van der Waals surface area contributed by atoms with E-state index in [1.807, 2.05) is 19.9 Å². The lowest BCUT2D eigenvalue weighted by molar-refractivity contribution is 0.262. The van der Waals surface area contributed by atoms with Crippen molar-refractivity contribution in [1.82, 2.24) is 4.98 Å². The minimum atomic E-state index is -0.387. The van der Waals surface area contributed by atoms with E-state index in [-0.39, 0.29) is 6.03 Å². The Labute approximate surface area is 122 Å². The van der Waals surface area contributed by atoms with Gasteiger partial charge in [0.2, 0.25) is 0 Å². The fraction of sp³-hybridized carbons (Fsp3) is 0.143. The minimum absolute atomic E-state index is 0.387. The number of halogens is 1. The Morgan fingerprint density at radius 1 is 1.20 bits per heavy atom. The number of hydrogen-bond donors (Lipinski definition) is 3. The van der Waals surface area contributed by atoms with Crippen LogP contribution in [0, 0.1) is 13.8 Å². The molecular formula is C14H15ClN4O. The average molecular weight is 291 g/mol. The van der Waals surface area contributed by atoms with E-state index in [0.29, 0.717) is 22.2 Å². The molecule has 0 aliphatic carbocycles. The molecule has 0 saturated heterocycles. The lowest BCUT2D eigenvalue weighted by Gasteiger charge is -2.09. The Balaban J connectivity index is 2.04. The van der Waals surface area contributed by atoms with Gasteiger partial charge in [-0.2, -0.15) is 0 Å². The monoisotopic (exact) mass is 290 g/mol. The van der Waals surface area contributed by atoms with Crippen molar-refractivity contribution >= 4 is 34.8 Å². The first-order valence-corrected chi connectivity index (χ1v) is 6.40. The third-order valence-corrected chi connectivity index (χ3v) is 3.23. The van der Waals surface area contributed by atoms with Gasteiger partial charge in [0.05, 0.1) is 11.9 Å². The van der Waals surface area contributed by atoms with E-state index in [1.165, 1.54) is 6.20 Å². The summed E-state index contributed by atoms with van der Waals surface area (Å²) in [6.45, 7) is 3.74. The molecule has 20 heavy (non-hydrogen) atoms. The molecule has 0 saturated carbocycles. The molecule has 0 aliphatic rings.